The second kappa shape index (κ2) is 11.9. The maximum Gasteiger partial charge on any atom is 0.118 e. The summed E-state index contributed by atoms with van der Waals surface area (Å²) in [6.07, 6.45) is 7.64. The Morgan fingerprint density at radius 2 is 1.47 bits per heavy atom. The van der Waals surface area contributed by atoms with Crippen LogP contribution in [0.25, 0.3) is 0 Å². The van der Waals surface area contributed by atoms with E-state index in [1.807, 2.05) is 44.2 Å². The van der Waals surface area contributed by atoms with Crippen molar-refractivity contribution < 1.29 is 4.74 Å². The summed E-state index contributed by atoms with van der Waals surface area (Å²) in [5.41, 5.74) is 0. The minimum absolute atomic E-state index is 0.508. The van der Waals surface area contributed by atoms with Crippen LogP contribution in [-0.4, -0.2) is 26.1 Å². The van der Waals surface area contributed by atoms with Gasteiger partial charge in [-0.15, -0.1) is 7.92 Å². The monoisotopic (exact) mass is 254 g/mol. The van der Waals surface area contributed by atoms with Crippen molar-refractivity contribution in [3.8, 4) is 5.75 Å². The summed E-state index contributed by atoms with van der Waals surface area (Å²) in [6.45, 7) is 6.43. The van der Waals surface area contributed by atoms with E-state index in [4.69, 9.17) is 4.74 Å². The smallest absolute Gasteiger partial charge is 0.118 e. The number of ether oxygens (including phenoxy) is 1. The van der Waals surface area contributed by atoms with E-state index in [2.05, 4.69) is 6.66 Å². The predicted molar refractivity (Wildman–Crippen MR) is 80.8 cm³/mol. The second-order valence-electron chi connectivity index (χ2n) is 3.88. The third-order valence-corrected chi connectivity index (χ3v) is 4.72. The first-order valence-electron chi connectivity index (χ1n) is 6.60. The van der Waals surface area contributed by atoms with Crippen LogP contribution in [0.2, 0.25) is 0 Å². The Hall–Kier alpha value is -0.550. The number of hydrogen-bond acceptors (Lipinski definition) is 1. The zero-order valence-electron chi connectivity index (χ0n) is 11.8. The van der Waals surface area contributed by atoms with Gasteiger partial charge < -0.3 is 4.74 Å². The topological polar surface area (TPSA) is 9.23 Å². The number of rotatable bonds is 1. The molecule has 0 amide bonds. The second-order valence-corrected chi connectivity index (χ2v) is 6.49. The molecule has 1 saturated heterocycles. The standard InChI is InChI=1S/C7H8O.C6H13P.C2H6/c1-8-7-5-3-2-4-6-7;1-7-5-3-2-4-6-7;1-2/h2-6H,1H3;2-6H2,1H3;1-2H3. The largest absolute Gasteiger partial charge is 0.497 e. The van der Waals surface area contributed by atoms with E-state index in [-0.39, 0.29) is 0 Å². The van der Waals surface area contributed by atoms with Crippen LogP contribution in [-0.2, 0) is 0 Å². The van der Waals surface area contributed by atoms with Gasteiger partial charge >= 0.3 is 0 Å². The van der Waals surface area contributed by atoms with Crippen LogP contribution in [0.15, 0.2) is 30.3 Å². The first kappa shape index (κ1) is 16.4. The van der Waals surface area contributed by atoms with Gasteiger partial charge in [-0.25, -0.2) is 0 Å². The van der Waals surface area contributed by atoms with Crippen molar-refractivity contribution in [1.82, 2.24) is 0 Å². The van der Waals surface area contributed by atoms with E-state index in [1.54, 1.807) is 19.4 Å². The molecule has 98 valence electrons. The van der Waals surface area contributed by atoms with Crippen molar-refractivity contribution in [3.05, 3.63) is 30.3 Å². The molecule has 2 rings (SSSR count). The molecule has 1 aromatic rings. The Bertz CT molecular complexity index is 242. The summed E-state index contributed by atoms with van der Waals surface area (Å²) in [6, 6.07) is 9.68. The molecular formula is C15H27OP. The van der Waals surface area contributed by atoms with Crippen LogP contribution in [0, 0.1) is 0 Å². The normalized spacial score (nSPS) is 14.8. The maximum absolute atomic E-state index is 4.91. The molecular weight excluding hydrogens is 227 g/mol. The number of hydrogen-bond donors (Lipinski definition) is 0. The highest BCUT2D eigenvalue weighted by molar-refractivity contribution is 7.56. The summed E-state index contributed by atoms with van der Waals surface area (Å²) >= 11 is 0. The van der Waals surface area contributed by atoms with Gasteiger partial charge in [-0.2, -0.15) is 0 Å². The average Bonchev–Trinajstić information content (AvgIpc) is 2.43. The summed E-state index contributed by atoms with van der Waals surface area (Å²) in [5, 5.41) is 0. The lowest BCUT2D eigenvalue weighted by atomic mass is 10.3. The molecule has 1 aromatic carbocycles. The van der Waals surface area contributed by atoms with Gasteiger partial charge in [0, 0.05) is 0 Å². The van der Waals surface area contributed by atoms with E-state index < -0.39 is 0 Å². The predicted octanol–water partition coefficient (Wildman–Crippen LogP) is 5.00. The molecule has 1 heterocycles. The van der Waals surface area contributed by atoms with Gasteiger partial charge in [-0.1, -0.05) is 38.5 Å². The molecule has 1 aliphatic heterocycles. The van der Waals surface area contributed by atoms with Crippen LogP contribution in [0.4, 0.5) is 0 Å². The molecule has 1 nitrogen and oxygen atoms in total. The molecule has 2 heteroatoms. The zero-order valence-corrected chi connectivity index (χ0v) is 12.7. The van der Waals surface area contributed by atoms with Crippen molar-refractivity contribution >= 4 is 7.92 Å². The van der Waals surface area contributed by atoms with Crippen molar-refractivity contribution in [2.45, 2.75) is 33.1 Å². The minimum Gasteiger partial charge on any atom is -0.497 e. The van der Waals surface area contributed by atoms with Crippen molar-refractivity contribution in [2.75, 3.05) is 26.1 Å². The van der Waals surface area contributed by atoms with Crippen molar-refractivity contribution in [3.63, 3.8) is 0 Å². The van der Waals surface area contributed by atoms with Gasteiger partial charge in [0.1, 0.15) is 5.75 Å². The summed E-state index contributed by atoms with van der Waals surface area (Å²) in [7, 11) is 2.17. The van der Waals surface area contributed by atoms with E-state index in [0.717, 1.165) is 5.75 Å². The Labute approximate surface area is 108 Å². The van der Waals surface area contributed by atoms with Crippen LogP contribution >= 0.6 is 7.92 Å². The van der Waals surface area contributed by atoms with Gasteiger partial charge in [0.2, 0.25) is 0 Å². The maximum atomic E-state index is 4.91. The quantitative estimate of drug-likeness (QED) is 0.640. The Balaban J connectivity index is 0.000000265. The van der Waals surface area contributed by atoms with E-state index in [9.17, 15) is 0 Å². The zero-order chi connectivity index (χ0) is 12.9. The van der Waals surface area contributed by atoms with Crippen molar-refractivity contribution in [2.24, 2.45) is 0 Å². The lowest BCUT2D eigenvalue weighted by molar-refractivity contribution is 0.415. The Morgan fingerprint density at radius 3 is 1.76 bits per heavy atom. The number of benzene rings is 1. The fourth-order valence-corrected chi connectivity index (χ4v) is 3.36. The molecule has 0 radical (unpaired) electrons. The minimum atomic E-state index is 0.508. The van der Waals surface area contributed by atoms with E-state index >= 15 is 0 Å². The third kappa shape index (κ3) is 9.18. The van der Waals surface area contributed by atoms with Gasteiger partial charge in [-0.05, 0) is 44.0 Å². The SMILES string of the molecule is CC.COc1ccccc1.CP1CCCCC1. The summed E-state index contributed by atoms with van der Waals surface area (Å²) in [4.78, 5) is 0. The molecule has 1 aliphatic rings. The van der Waals surface area contributed by atoms with Gasteiger partial charge in [0.05, 0.1) is 7.11 Å². The molecule has 0 unspecified atom stereocenters. The number of methoxy groups -OCH3 is 1. The molecule has 0 N–H and O–H groups in total. The first-order chi connectivity index (χ1) is 8.33. The van der Waals surface area contributed by atoms with Gasteiger partial charge in [-0.3, -0.25) is 0 Å². The highest BCUT2D eigenvalue weighted by Crippen LogP contribution is 2.36. The molecule has 0 saturated carbocycles. The molecule has 0 spiro atoms. The van der Waals surface area contributed by atoms with Crippen molar-refractivity contribution in [1.29, 1.82) is 0 Å². The summed E-state index contributed by atoms with van der Waals surface area (Å²) in [5.74, 6) is 0.910. The summed E-state index contributed by atoms with van der Waals surface area (Å²) < 4.78 is 4.91. The van der Waals surface area contributed by atoms with Crippen LogP contribution in [0.3, 0.4) is 0 Å². The average molecular weight is 254 g/mol. The first-order valence-corrected chi connectivity index (χ1v) is 8.76. The molecule has 17 heavy (non-hydrogen) atoms. The fraction of sp³-hybridized carbons (Fsp3) is 0.600. The third-order valence-electron chi connectivity index (χ3n) is 2.56. The molecule has 1 fully saturated rings. The highest BCUT2D eigenvalue weighted by Gasteiger charge is 2.05. The van der Waals surface area contributed by atoms with Gasteiger partial charge in [0.25, 0.3) is 0 Å². The number of para-hydroxylation sites is 1. The Kier molecular flexibility index (Phi) is 11.5. The highest BCUT2D eigenvalue weighted by atomic mass is 31.1. The molecule has 0 aliphatic carbocycles. The van der Waals surface area contributed by atoms with E-state index in [0.29, 0.717) is 7.92 Å². The lowest BCUT2D eigenvalue weighted by Crippen LogP contribution is -1.96. The van der Waals surface area contributed by atoms with Crippen LogP contribution in [0.5, 0.6) is 5.75 Å². The van der Waals surface area contributed by atoms with Gasteiger partial charge in [0.15, 0.2) is 0 Å². The van der Waals surface area contributed by atoms with Crippen LogP contribution in [0.1, 0.15) is 33.1 Å². The van der Waals surface area contributed by atoms with E-state index in [1.165, 1.54) is 19.3 Å². The lowest BCUT2D eigenvalue weighted by Gasteiger charge is -2.16. The molecule has 0 bridgehead atoms. The molecule has 0 aromatic heterocycles. The Morgan fingerprint density at radius 1 is 0.941 bits per heavy atom. The van der Waals surface area contributed by atoms with Crippen LogP contribution < -0.4 is 4.74 Å². The fourth-order valence-electron chi connectivity index (χ4n) is 1.61. The molecule has 0 atom stereocenters.